The second-order valence-electron chi connectivity index (χ2n) is 5.73. The van der Waals surface area contributed by atoms with Gasteiger partial charge in [0, 0.05) is 38.8 Å². The van der Waals surface area contributed by atoms with Gasteiger partial charge in [0.15, 0.2) is 0 Å². The Morgan fingerprint density at radius 2 is 2.05 bits per heavy atom. The summed E-state index contributed by atoms with van der Waals surface area (Å²) in [7, 11) is 0. The average molecular weight is 282 g/mol. The minimum atomic E-state index is -0.0172. The summed E-state index contributed by atoms with van der Waals surface area (Å²) in [6, 6.07) is 0.0324. The Kier molecular flexibility index (Phi) is 3.94. The molecule has 3 rings (SSSR count). The van der Waals surface area contributed by atoms with E-state index in [9.17, 15) is 9.59 Å². The zero-order valence-corrected chi connectivity index (χ0v) is 11.9. The Labute approximate surface area is 119 Å². The number of nitrogens with zero attached hydrogens (tertiary/aromatic N) is 2. The van der Waals surface area contributed by atoms with Gasteiger partial charge < -0.3 is 19.3 Å². The van der Waals surface area contributed by atoms with Crippen LogP contribution in [-0.4, -0.2) is 73.2 Å². The van der Waals surface area contributed by atoms with Gasteiger partial charge >= 0.3 is 0 Å². The molecule has 0 aliphatic carbocycles. The largest absolute Gasteiger partial charge is 0.381 e. The van der Waals surface area contributed by atoms with Crippen molar-refractivity contribution in [3.05, 3.63) is 0 Å². The van der Waals surface area contributed by atoms with Gasteiger partial charge in [0.2, 0.25) is 11.8 Å². The van der Waals surface area contributed by atoms with E-state index in [1.807, 2.05) is 16.7 Å². The molecule has 6 nitrogen and oxygen atoms in total. The first-order valence-corrected chi connectivity index (χ1v) is 7.48. The Bertz CT molecular complexity index is 395. The zero-order valence-electron chi connectivity index (χ0n) is 11.9. The minimum absolute atomic E-state index is 0.0172. The van der Waals surface area contributed by atoms with E-state index < -0.39 is 0 Å². The van der Waals surface area contributed by atoms with Crippen LogP contribution in [0.3, 0.4) is 0 Å². The van der Waals surface area contributed by atoms with Crippen molar-refractivity contribution in [2.24, 2.45) is 5.92 Å². The lowest BCUT2D eigenvalue weighted by Crippen LogP contribution is -2.53. The maximum atomic E-state index is 12.5. The molecule has 6 heteroatoms. The Morgan fingerprint density at radius 3 is 2.75 bits per heavy atom. The molecule has 3 heterocycles. The summed E-state index contributed by atoms with van der Waals surface area (Å²) in [6.07, 6.45) is 1.60. The van der Waals surface area contributed by atoms with Crippen LogP contribution in [0.2, 0.25) is 0 Å². The Balaban J connectivity index is 1.66. The van der Waals surface area contributed by atoms with Crippen molar-refractivity contribution in [1.29, 1.82) is 0 Å². The van der Waals surface area contributed by atoms with Crippen LogP contribution in [0.15, 0.2) is 0 Å². The first-order chi connectivity index (χ1) is 9.70. The number of likely N-dealkylation sites (tertiary alicyclic amines) is 1. The number of carbonyl (C=O) groups is 2. The number of rotatable bonds is 2. The summed E-state index contributed by atoms with van der Waals surface area (Å²) in [4.78, 5) is 28.1. The van der Waals surface area contributed by atoms with Crippen LogP contribution in [0.4, 0.5) is 0 Å². The third kappa shape index (κ3) is 2.42. The highest BCUT2D eigenvalue weighted by Crippen LogP contribution is 2.26. The lowest BCUT2D eigenvalue weighted by Gasteiger charge is -2.35. The van der Waals surface area contributed by atoms with Crippen LogP contribution < -0.4 is 0 Å². The lowest BCUT2D eigenvalue weighted by molar-refractivity contribution is -0.152. The molecule has 0 saturated carbocycles. The van der Waals surface area contributed by atoms with Crippen molar-refractivity contribution in [3.63, 3.8) is 0 Å². The van der Waals surface area contributed by atoms with E-state index in [0.717, 1.165) is 12.8 Å². The summed E-state index contributed by atoms with van der Waals surface area (Å²) in [5.41, 5.74) is 0. The molecule has 0 N–H and O–H groups in total. The Morgan fingerprint density at radius 1 is 1.30 bits per heavy atom. The van der Waals surface area contributed by atoms with Crippen molar-refractivity contribution >= 4 is 11.8 Å². The van der Waals surface area contributed by atoms with Crippen LogP contribution >= 0.6 is 0 Å². The van der Waals surface area contributed by atoms with Crippen LogP contribution in [0, 0.1) is 5.92 Å². The van der Waals surface area contributed by atoms with Gasteiger partial charge in [0.1, 0.15) is 6.61 Å². The normalized spacial score (nSPS) is 31.6. The van der Waals surface area contributed by atoms with Gasteiger partial charge in [0.05, 0.1) is 12.1 Å². The summed E-state index contributed by atoms with van der Waals surface area (Å²) >= 11 is 0. The fourth-order valence-electron chi connectivity index (χ4n) is 3.46. The quantitative estimate of drug-likeness (QED) is 0.708. The molecule has 0 unspecified atom stereocenters. The zero-order chi connectivity index (χ0) is 14.1. The fourth-order valence-corrected chi connectivity index (χ4v) is 3.46. The van der Waals surface area contributed by atoms with E-state index >= 15 is 0 Å². The van der Waals surface area contributed by atoms with Gasteiger partial charge in [0.25, 0.3) is 0 Å². The molecule has 0 aromatic carbocycles. The van der Waals surface area contributed by atoms with E-state index in [1.54, 1.807) is 0 Å². The van der Waals surface area contributed by atoms with Gasteiger partial charge in [-0.3, -0.25) is 9.59 Å². The molecule has 0 spiro atoms. The number of hydrogen-bond donors (Lipinski definition) is 0. The topological polar surface area (TPSA) is 59.1 Å². The molecule has 3 aliphatic heterocycles. The number of ether oxygens (including phenoxy) is 2. The molecule has 0 radical (unpaired) electrons. The number of amides is 2. The van der Waals surface area contributed by atoms with Crippen LogP contribution in [0.5, 0.6) is 0 Å². The van der Waals surface area contributed by atoms with Crippen molar-refractivity contribution in [1.82, 2.24) is 9.80 Å². The van der Waals surface area contributed by atoms with Crippen LogP contribution in [0.25, 0.3) is 0 Å². The summed E-state index contributed by atoms with van der Waals surface area (Å²) in [5, 5.41) is 0. The predicted octanol–water partition coefficient (Wildman–Crippen LogP) is -0.129. The summed E-state index contributed by atoms with van der Waals surface area (Å²) in [6.45, 7) is 5.38. The highest BCUT2D eigenvalue weighted by Gasteiger charge is 2.44. The first-order valence-electron chi connectivity index (χ1n) is 7.48. The van der Waals surface area contributed by atoms with E-state index in [0.29, 0.717) is 32.8 Å². The molecule has 2 amide bonds. The van der Waals surface area contributed by atoms with Crippen molar-refractivity contribution in [2.75, 3.05) is 39.5 Å². The van der Waals surface area contributed by atoms with E-state index in [1.165, 1.54) is 0 Å². The number of fused-ring (bicyclic) bond motifs is 1. The molecule has 112 valence electrons. The molecule has 0 aromatic heterocycles. The van der Waals surface area contributed by atoms with Crippen molar-refractivity contribution < 1.29 is 19.1 Å². The van der Waals surface area contributed by atoms with Gasteiger partial charge in [-0.25, -0.2) is 0 Å². The molecule has 3 saturated heterocycles. The molecule has 0 bridgehead atoms. The summed E-state index contributed by atoms with van der Waals surface area (Å²) in [5.74, 6) is 0.318. The Hall–Kier alpha value is -1.14. The minimum Gasteiger partial charge on any atom is -0.381 e. The number of morpholine rings is 1. The standard InChI is InChI=1S/C14H22N2O4/c1-2-16-11-7-15(8-12(11)20-9-13(16)17)14(18)10-3-5-19-6-4-10/h10-12H,2-9H2,1H3/t11-,12-/m1/s1. The third-order valence-corrected chi connectivity index (χ3v) is 4.60. The third-order valence-electron chi connectivity index (χ3n) is 4.60. The molecule has 20 heavy (non-hydrogen) atoms. The van der Waals surface area contributed by atoms with E-state index in [-0.39, 0.29) is 36.5 Å². The van der Waals surface area contributed by atoms with E-state index in [4.69, 9.17) is 9.47 Å². The molecule has 3 fully saturated rings. The number of carbonyl (C=O) groups excluding carboxylic acids is 2. The van der Waals surface area contributed by atoms with Crippen molar-refractivity contribution in [2.45, 2.75) is 31.9 Å². The number of hydrogen-bond acceptors (Lipinski definition) is 4. The second-order valence-corrected chi connectivity index (χ2v) is 5.73. The molecule has 3 aliphatic rings. The van der Waals surface area contributed by atoms with Gasteiger partial charge in [-0.2, -0.15) is 0 Å². The lowest BCUT2D eigenvalue weighted by atomic mass is 9.99. The van der Waals surface area contributed by atoms with Gasteiger partial charge in [-0.1, -0.05) is 0 Å². The smallest absolute Gasteiger partial charge is 0.248 e. The molecular formula is C14H22N2O4. The highest BCUT2D eigenvalue weighted by molar-refractivity contribution is 5.81. The summed E-state index contributed by atoms with van der Waals surface area (Å²) < 4.78 is 10.9. The van der Waals surface area contributed by atoms with Crippen molar-refractivity contribution in [3.8, 4) is 0 Å². The SMILES string of the molecule is CCN1C(=O)CO[C@@H]2CN(C(=O)C3CCOCC3)C[C@H]21. The maximum absolute atomic E-state index is 12.5. The fraction of sp³-hybridized carbons (Fsp3) is 0.857. The molecule has 2 atom stereocenters. The molecule has 0 aromatic rings. The number of likely N-dealkylation sites (N-methyl/N-ethyl adjacent to an activating group) is 1. The van der Waals surface area contributed by atoms with Gasteiger partial charge in [-0.05, 0) is 19.8 Å². The molecular weight excluding hydrogens is 260 g/mol. The predicted molar refractivity (Wildman–Crippen MR) is 71.0 cm³/mol. The second kappa shape index (κ2) is 5.69. The van der Waals surface area contributed by atoms with E-state index in [2.05, 4.69) is 0 Å². The highest BCUT2D eigenvalue weighted by atomic mass is 16.5. The monoisotopic (exact) mass is 282 g/mol. The first kappa shape index (κ1) is 13.8. The van der Waals surface area contributed by atoms with Crippen LogP contribution in [0.1, 0.15) is 19.8 Å². The van der Waals surface area contributed by atoms with Crippen LogP contribution in [-0.2, 0) is 19.1 Å². The maximum Gasteiger partial charge on any atom is 0.248 e. The van der Waals surface area contributed by atoms with Gasteiger partial charge in [-0.15, -0.1) is 0 Å². The average Bonchev–Trinajstić information content (AvgIpc) is 2.91.